The Morgan fingerprint density at radius 1 is 1.20 bits per heavy atom. The standard InChI is InChI=1S/C16H19FN2O/c1-4-19(12-7-5-11(2)6-8-12)15-10-16(20-3)13(17)9-14(15)18/h5-10H,4,18H2,1-3H3. The lowest BCUT2D eigenvalue weighted by Gasteiger charge is -2.25. The molecule has 0 unspecified atom stereocenters. The van der Waals surface area contributed by atoms with Crippen LogP contribution in [0.15, 0.2) is 36.4 Å². The molecular weight excluding hydrogens is 255 g/mol. The smallest absolute Gasteiger partial charge is 0.167 e. The quantitative estimate of drug-likeness (QED) is 0.860. The number of anilines is 3. The van der Waals surface area contributed by atoms with E-state index in [2.05, 4.69) is 0 Å². The third kappa shape index (κ3) is 2.69. The molecule has 0 aromatic heterocycles. The van der Waals surface area contributed by atoms with Crippen molar-refractivity contribution >= 4 is 17.1 Å². The van der Waals surface area contributed by atoms with Gasteiger partial charge in [-0.05, 0) is 26.0 Å². The van der Waals surface area contributed by atoms with E-state index in [1.807, 2.05) is 43.0 Å². The molecule has 106 valence electrons. The molecule has 4 heteroatoms. The van der Waals surface area contributed by atoms with E-state index in [-0.39, 0.29) is 5.75 Å². The van der Waals surface area contributed by atoms with E-state index in [0.29, 0.717) is 5.69 Å². The van der Waals surface area contributed by atoms with Gasteiger partial charge in [-0.25, -0.2) is 4.39 Å². The van der Waals surface area contributed by atoms with E-state index in [1.165, 1.54) is 18.7 Å². The highest BCUT2D eigenvalue weighted by molar-refractivity contribution is 5.76. The maximum Gasteiger partial charge on any atom is 0.167 e. The van der Waals surface area contributed by atoms with E-state index in [9.17, 15) is 4.39 Å². The number of nitrogen functional groups attached to an aromatic ring is 1. The van der Waals surface area contributed by atoms with Crippen molar-refractivity contribution in [1.29, 1.82) is 0 Å². The minimum Gasteiger partial charge on any atom is -0.494 e. The zero-order chi connectivity index (χ0) is 14.7. The van der Waals surface area contributed by atoms with Crippen molar-refractivity contribution in [2.75, 3.05) is 24.3 Å². The van der Waals surface area contributed by atoms with Crippen molar-refractivity contribution in [3.8, 4) is 5.75 Å². The summed E-state index contributed by atoms with van der Waals surface area (Å²) in [6.45, 7) is 4.78. The van der Waals surface area contributed by atoms with Crippen molar-refractivity contribution in [3.05, 3.63) is 47.8 Å². The lowest BCUT2D eigenvalue weighted by molar-refractivity contribution is 0.387. The molecule has 0 amide bonds. The highest BCUT2D eigenvalue weighted by atomic mass is 19.1. The van der Waals surface area contributed by atoms with Crippen LogP contribution in [0.25, 0.3) is 0 Å². The molecule has 0 radical (unpaired) electrons. The van der Waals surface area contributed by atoms with Crippen LogP contribution in [0, 0.1) is 12.7 Å². The lowest BCUT2D eigenvalue weighted by atomic mass is 10.1. The van der Waals surface area contributed by atoms with E-state index < -0.39 is 5.82 Å². The molecule has 0 saturated heterocycles. The summed E-state index contributed by atoms with van der Waals surface area (Å²) >= 11 is 0. The number of ether oxygens (including phenoxy) is 1. The molecule has 0 aliphatic heterocycles. The van der Waals surface area contributed by atoms with Gasteiger partial charge in [0.1, 0.15) is 0 Å². The molecule has 2 aromatic carbocycles. The Hall–Kier alpha value is -2.23. The van der Waals surface area contributed by atoms with E-state index in [1.54, 1.807) is 6.07 Å². The number of hydrogen-bond acceptors (Lipinski definition) is 3. The van der Waals surface area contributed by atoms with Gasteiger partial charge < -0.3 is 15.4 Å². The van der Waals surface area contributed by atoms with Crippen LogP contribution < -0.4 is 15.4 Å². The Morgan fingerprint density at radius 2 is 1.85 bits per heavy atom. The molecule has 2 rings (SSSR count). The van der Waals surface area contributed by atoms with Crippen LogP contribution in [-0.2, 0) is 0 Å². The van der Waals surface area contributed by atoms with Crippen LogP contribution in [0.1, 0.15) is 12.5 Å². The number of hydrogen-bond donors (Lipinski definition) is 1. The largest absolute Gasteiger partial charge is 0.494 e. The van der Waals surface area contributed by atoms with Crippen molar-refractivity contribution in [1.82, 2.24) is 0 Å². The third-order valence-corrected chi connectivity index (χ3v) is 3.25. The lowest BCUT2D eigenvalue weighted by Crippen LogP contribution is -2.17. The second kappa shape index (κ2) is 5.82. The Kier molecular flexibility index (Phi) is 4.13. The fourth-order valence-electron chi connectivity index (χ4n) is 2.16. The van der Waals surface area contributed by atoms with E-state index in [4.69, 9.17) is 10.5 Å². The first kappa shape index (κ1) is 14.2. The van der Waals surface area contributed by atoms with Gasteiger partial charge in [-0.1, -0.05) is 17.7 Å². The summed E-state index contributed by atoms with van der Waals surface area (Å²) in [5, 5.41) is 0. The zero-order valence-corrected chi connectivity index (χ0v) is 12.0. The molecule has 20 heavy (non-hydrogen) atoms. The molecule has 0 saturated carbocycles. The summed E-state index contributed by atoms with van der Waals surface area (Å²) in [6.07, 6.45) is 0. The molecule has 0 aliphatic carbocycles. The van der Waals surface area contributed by atoms with Crippen molar-refractivity contribution < 1.29 is 9.13 Å². The maximum absolute atomic E-state index is 13.6. The van der Waals surface area contributed by atoms with E-state index in [0.717, 1.165) is 17.9 Å². The molecule has 0 atom stereocenters. The summed E-state index contributed by atoms with van der Waals surface area (Å²) in [5.74, 6) is -0.256. The topological polar surface area (TPSA) is 38.5 Å². The Balaban J connectivity index is 2.48. The molecule has 2 aromatic rings. The fraction of sp³-hybridized carbons (Fsp3) is 0.250. The molecule has 0 heterocycles. The highest BCUT2D eigenvalue weighted by Crippen LogP contribution is 2.35. The summed E-state index contributed by atoms with van der Waals surface area (Å²) < 4.78 is 18.7. The van der Waals surface area contributed by atoms with Gasteiger partial charge >= 0.3 is 0 Å². The van der Waals surface area contributed by atoms with Gasteiger partial charge in [-0.2, -0.15) is 0 Å². The first-order chi connectivity index (χ1) is 9.56. The van der Waals surface area contributed by atoms with Gasteiger partial charge in [-0.3, -0.25) is 0 Å². The Labute approximate surface area is 118 Å². The third-order valence-electron chi connectivity index (χ3n) is 3.25. The molecule has 2 N–H and O–H groups in total. The predicted octanol–water partition coefficient (Wildman–Crippen LogP) is 3.88. The van der Waals surface area contributed by atoms with Gasteiger partial charge in [0, 0.05) is 24.4 Å². The molecule has 0 fully saturated rings. The SMILES string of the molecule is CCN(c1ccc(C)cc1)c1cc(OC)c(F)cc1N. The summed E-state index contributed by atoms with van der Waals surface area (Å²) in [4.78, 5) is 2.02. The number of nitrogens with zero attached hydrogens (tertiary/aromatic N) is 1. The van der Waals surface area contributed by atoms with Crippen molar-refractivity contribution in [2.24, 2.45) is 0 Å². The average molecular weight is 274 g/mol. The summed E-state index contributed by atoms with van der Waals surface area (Å²) in [6, 6.07) is 11.0. The second-order valence-electron chi connectivity index (χ2n) is 4.63. The Morgan fingerprint density at radius 3 is 2.40 bits per heavy atom. The van der Waals surface area contributed by atoms with Crippen LogP contribution in [0.4, 0.5) is 21.5 Å². The van der Waals surface area contributed by atoms with Crippen LogP contribution >= 0.6 is 0 Å². The number of halogens is 1. The molecule has 0 aliphatic rings. The first-order valence-electron chi connectivity index (χ1n) is 6.54. The zero-order valence-electron chi connectivity index (χ0n) is 12.0. The van der Waals surface area contributed by atoms with Gasteiger partial charge in [0.25, 0.3) is 0 Å². The number of rotatable bonds is 4. The van der Waals surface area contributed by atoms with Gasteiger partial charge in [0.2, 0.25) is 0 Å². The minimum atomic E-state index is -0.450. The van der Waals surface area contributed by atoms with E-state index >= 15 is 0 Å². The number of nitrogens with two attached hydrogens (primary N) is 1. The monoisotopic (exact) mass is 274 g/mol. The first-order valence-corrected chi connectivity index (χ1v) is 6.54. The maximum atomic E-state index is 13.6. The molecular formula is C16H19FN2O. The molecule has 0 bridgehead atoms. The van der Waals surface area contributed by atoms with Crippen LogP contribution in [0.3, 0.4) is 0 Å². The summed E-state index contributed by atoms with van der Waals surface area (Å²) in [5.41, 5.74) is 9.29. The van der Waals surface area contributed by atoms with Crippen LogP contribution in [0.2, 0.25) is 0 Å². The van der Waals surface area contributed by atoms with Gasteiger partial charge in [-0.15, -0.1) is 0 Å². The Bertz CT molecular complexity index is 596. The number of benzene rings is 2. The van der Waals surface area contributed by atoms with Gasteiger partial charge in [0.05, 0.1) is 18.5 Å². The van der Waals surface area contributed by atoms with Crippen LogP contribution in [0.5, 0.6) is 5.75 Å². The normalized spacial score (nSPS) is 10.4. The fourth-order valence-corrected chi connectivity index (χ4v) is 2.16. The number of methoxy groups -OCH3 is 1. The average Bonchev–Trinajstić information content (AvgIpc) is 2.43. The minimum absolute atomic E-state index is 0.194. The number of aryl methyl sites for hydroxylation is 1. The molecule has 0 spiro atoms. The second-order valence-corrected chi connectivity index (χ2v) is 4.63. The van der Waals surface area contributed by atoms with Crippen molar-refractivity contribution in [2.45, 2.75) is 13.8 Å². The van der Waals surface area contributed by atoms with Crippen LogP contribution in [-0.4, -0.2) is 13.7 Å². The van der Waals surface area contributed by atoms with Gasteiger partial charge in [0.15, 0.2) is 11.6 Å². The molecule has 3 nitrogen and oxygen atoms in total. The highest BCUT2D eigenvalue weighted by Gasteiger charge is 2.14. The summed E-state index contributed by atoms with van der Waals surface area (Å²) in [7, 11) is 1.44. The predicted molar refractivity (Wildman–Crippen MR) is 81.2 cm³/mol. The van der Waals surface area contributed by atoms with Crippen molar-refractivity contribution in [3.63, 3.8) is 0 Å².